The molecule has 0 aliphatic rings. The highest BCUT2D eigenvalue weighted by Gasteiger charge is 2.20. The summed E-state index contributed by atoms with van der Waals surface area (Å²) in [7, 11) is 0. The van der Waals surface area contributed by atoms with Gasteiger partial charge in [0.25, 0.3) is 0 Å². The van der Waals surface area contributed by atoms with Gasteiger partial charge in [-0.2, -0.15) is 5.26 Å². The summed E-state index contributed by atoms with van der Waals surface area (Å²) >= 11 is 0. The van der Waals surface area contributed by atoms with Crippen molar-refractivity contribution in [3.8, 4) is 6.07 Å². The second kappa shape index (κ2) is 7.43. The minimum absolute atomic E-state index is 0.117. The maximum absolute atomic E-state index is 10.8. The SMILES string of the molecule is C=C(O)/C=C\C(=C/CC#N)C(O)c1c(CC)nc2ccccn12. The molecule has 0 bridgehead atoms. The normalized spacial score (nSPS) is 13.3. The number of hydrogen-bond acceptors (Lipinski definition) is 4. The van der Waals surface area contributed by atoms with E-state index in [0.717, 1.165) is 11.3 Å². The zero-order valence-electron chi connectivity index (χ0n) is 13.0. The van der Waals surface area contributed by atoms with Crippen LogP contribution in [0.1, 0.15) is 30.8 Å². The van der Waals surface area contributed by atoms with Gasteiger partial charge >= 0.3 is 0 Å². The molecule has 0 aliphatic carbocycles. The van der Waals surface area contributed by atoms with Crippen molar-refractivity contribution >= 4 is 5.65 Å². The topological polar surface area (TPSA) is 81.5 Å². The fourth-order valence-electron chi connectivity index (χ4n) is 2.40. The molecule has 0 aromatic carbocycles. The first kappa shape index (κ1) is 16.5. The molecule has 118 valence electrons. The molecule has 5 heteroatoms. The molecule has 0 saturated carbocycles. The lowest BCUT2D eigenvalue weighted by atomic mass is 10.0. The van der Waals surface area contributed by atoms with Gasteiger partial charge in [0.05, 0.1) is 23.9 Å². The first-order valence-corrected chi connectivity index (χ1v) is 7.35. The molecule has 0 radical (unpaired) electrons. The number of nitrogens with zero attached hydrogens (tertiary/aromatic N) is 3. The molecule has 2 N–H and O–H groups in total. The first-order chi connectivity index (χ1) is 11.1. The Morgan fingerprint density at radius 2 is 2.26 bits per heavy atom. The molecule has 2 heterocycles. The van der Waals surface area contributed by atoms with Crippen LogP contribution in [-0.2, 0) is 6.42 Å². The number of pyridine rings is 1. The number of aliphatic hydroxyl groups excluding tert-OH is 2. The molecule has 5 nitrogen and oxygen atoms in total. The lowest BCUT2D eigenvalue weighted by Gasteiger charge is -2.14. The van der Waals surface area contributed by atoms with Gasteiger partial charge in [-0.1, -0.05) is 31.7 Å². The minimum Gasteiger partial charge on any atom is -0.509 e. The maximum Gasteiger partial charge on any atom is 0.137 e. The molecule has 0 fully saturated rings. The van der Waals surface area contributed by atoms with E-state index in [4.69, 9.17) is 5.26 Å². The second-order valence-corrected chi connectivity index (χ2v) is 5.02. The standard InChI is InChI=1S/C18H19N3O2/c1-3-15-17(21-12-5-4-8-16(21)20-15)18(23)14(7-6-11-19)10-9-13(2)22/h4-5,7-10,12,18,22-23H,2-3,6H2,1H3/b10-9-,14-7+. The van der Waals surface area contributed by atoms with Crippen LogP contribution in [0.25, 0.3) is 5.65 Å². The number of imidazole rings is 1. The molecule has 1 unspecified atom stereocenters. The van der Waals surface area contributed by atoms with E-state index >= 15 is 0 Å². The zero-order valence-corrected chi connectivity index (χ0v) is 13.0. The molecule has 0 saturated heterocycles. The number of aliphatic hydroxyl groups is 2. The van der Waals surface area contributed by atoms with Crippen LogP contribution in [0.4, 0.5) is 0 Å². The number of aromatic nitrogens is 2. The Bertz CT molecular complexity index is 809. The van der Waals surface area contributed by atoms with Crippen LogP contribution < -0.4 is 0 Å². The number of nitriles is 1. The van der Waals surface area contributed by atoms with E-state index in [1.165, 1.54) is 6.08 Å². The van der Waals surface area contributed by atoms with Gasteiger partial charge in [0, 0.05) is 6.20 Å². The predicted octanol–water partition coefficient (Wildman–Crippen LogP) is 3.40. The van der Waals surface area contributed by atoms with Crippen molar-refractivity contribution in [3.05, 3.63) is 71.9 Å². The summed E-state index contributed by atoms with van der Waals surface area (Å²) in [5.74, 6) is -0.117. The van der Waals surface area contributed by atoms with Crippen LogP contribution in [-0.4, -0.2) is 19.6 Å². The molecular formula is C18H19N3O2. The highest BCUT2D eigenvalue weighted by atomic mass is 16.3. The largest absolute Gasteiger partial charge is 0.509 e. The van der Waals surface area contributed by atoms with Crippen molar-refractivity contribution in [2.45, 2.75) is 25.9 Å². The summed E-state index contributed by atoms with van der Waals surface area (Å²) in [6.07, 6.45) is 6.31. The molecular weight excluding hydrogens is 290 g/mol. The summed E-state index contributed by atoms with van der Waals surface area (Å²) < 4.78 is 1.84. The van der Waals surface area contributed by atoms with Gasteiger partial charge in [0.15, 0.2) is 0 Å². The summed E-state index contributed by atoms with van der Waals surface area (Å²) in [5, 5.41) is 28.8. The van der Waals surface area contributed by atoms with E-state index in [1.807, 2.05) is 41.8 Å². The molecule has 2 aromatic heterocycles. The highest BCUT2D eigenvalue weighted by molar-refractivity contribution is 5.46. The first-order valence-electron chi connectivity index (χ1n) is 7.35. The fourth-order valence-corrected chi connectivity index (χ4v) is 2.40. The number of rotatable bonds is 6. The Balaban J connectivity index is 2.53. The van der Waals surface area contributed by atoms with Crippen LogP contribution in [0.2, 0.25) is 0 Å². The van der Waals surface area contributed by atoms with Gasteiger partial charge in [-0.25, -0.2) is 4.98 Å². The summed E-state index contributed by atoms with van der Waals surface area (Å²) in [5.41, 5.74) is 2.74. The Kier molecular flexibility index (Phi) is 5.34. The molecule has 1 atom stereocenters. The Morgan fingerprint density at radius 1 is 1.48 bits per heavy atom. The van der Waals surface area contributed by atoms with Gasteiger partial charge in [-0.3, -0.25) is 0 Å². The molecule has 0 spiro atoms. The predicted molar refractivity (Wildman–Crippen MR) is 88.8 cm³/mol. The van der Waals surface area contributed by atoms with Gasteiger partial charge in [0.1, 0.15) is 17.5 Å². The number of allylic oxidation sites excluding steroid dienone is 2. The van der Waals surface area contributed by atoms with Gasteiger partial charge in [0.2, 0.25) is 0 Å². The Morgan fingerprint density at radius 3 is 2.91 bits per heavy atom. The van der Waals surface area contributed by atoms with Crippen molar-refractivity contribution in [3.63, 3.8) is 0 Å². The smallest absolute Gasteiger partial charge is 0.137 e. The van der Waals surface area contributed by atoms with Crippen LogP contribution in [0.5, 0.6) is 0 Å². The van der Waals surface area contributed by atoms with E-state index in [0.29, 0.717) is 17.7 Å². The number of aryl methyl sites for hydroxylation is 1. The van der Waals surface area contributed by atoms with Crippen LogP contribution >= 0.6 is 0 Å². The summed E-state index contributed by atoms with van der Waals surface area (Å²) in [4.78, 5) is 4.53. The van der Waals surface area contributed by atoms with Gasteiger partial charge in [-0.15, -0.1) is 0 Å². The third-order valence-corrected chi connectivity index (χ3v) is 3.45. The number of fused-ring (bicyclic) bond motifs is 1. The van der Waals surface area contributed by atoms with E-state index in [2.05, 4.69) is 11.6 Å². The van der Waals surface area contributed by atoms with Crippen LogP contribution in [0, 0.1) is 11.3 Å². The second-order valence-electron chi connectivity index (χ2n) is 5.02. The summed E-state index contributed by atoms with van der Waals surface area (Å²) in [6.45, 7) is 5.36. The van der Waals surface area contributed by atoms with Crippen molar-refractivity contribution in [2.24, 2.45) is 0 Å². The molecule has 0 aliphatic heterocycles. The van der Waals surface area contributed by atoms with Gasteiger partial charge in [-0.05, 0) is 30.2 Å². The quantitative estimate of drug-likeness (QED) is 0.633. The minimum atomic E-state index is -0.953. The maximum atomic E-state index is 10.8. The third kappa shape index (κ3) is 3.68. The Labute approximate surface area is 135 Å². The molecule has 23 heavy (non-hydrogen) atoms. The third-order valence-electron chi connectivity index (χ3n) is 3.45. The van der Waals surface area contributed by atoms with E-state index in [1.54, 1.807) is 12.2 Å². The average Bonchev–Trinajstić information content (AvgIpc) is 2.92. The number of hydrogen-bond donors (Lipinski definition) is 2. The van der Waals surface area contributed by atoms with Crippen LogP contribution in [0.3, 0.4) is 0 Å². The molecule has 2 aromatic rings. The Hall–Kier alpha value is -2.84. The fraction of sp³-hybridized carbons (Fsp3) is 0.222. The van der Waals surface area contributed by atoms with Crippen molar-refractivity contribution in [2.75, 3.05) is 0 Å². The van der Waals surface area contributed by atoms with Gasteiger partial charge < -0.3 is 14.6 Å². The van der Waals surface area contributed by atoms with Crippen LogP contribution in [0.15, 0.2) is 60.5 Å². The molecule has 2 rings (SSSR count). The average molecular weight is 309 g/mol. The van der Waals surface area contributed by atoms with E-state index in [-0.39, 0.29) is 12.2 Å². The van der Waals surface area contributed by atoms with Crippen molar-refractivity contribution < 1.29 is 10.2 Å². The zero-order chi connectivity index (χ0) is 16.8. The van der Waals surface area contributed by atoms with E-state index in [9.17, 15) is 10.2 Å². The molecule has 0 amide bonds. The lowest BCUT2D eigenvalue weighted by Crippen LogP contribution is -2.07. The summed E-state index contributed by atoms with van der Waals surface area (Å²) in [6, 6.07) is 7.66. The van der Waals surface area contributed by atoms with Crippen molar-refractivity contribution in [1.29, 1.82) is 5.26 Å². The van der Waals surface area contributed by atoms with Crippen molar-refractivity contribution in [1.82, 2.24) is 9.38 Å². The highest BCUT2D eigenvalue weighted by Crippen LogP contribution is 2.27. The lowest BCUT2D eigenvalue weighted by molar-refractivity contribution is 0.212. The van der Waals surface area contributed by atoms with E-state index < -0.39 is 6.10 Å². The monoisotopic (exact) mass is 309 g/mol.